The topological polar surface area (TPSA) is 58.2 Å². The van der Waals surface area contributed by atoms with Gasteiger partial charge in [0.1, 0.15) is 29.0 Å². The standard InChI is InChI=1S/C20H18F4N2O2/c21-13-8-9-17(16(24)10-13)25-19(27)11-4-6-12(7-5-11)20(28)26-18-14(22)2-1-3-15(18)23/h1-3,8-12H,4-7H2,(H,25,27)(H,26,28). The van der Waals surface area contributed by atoms with E-state index >= 15 is 0 Å². The predicted molar refractivity (Wildman–Crippen MR) is 95.4 cm³/mol. The average molecular weight is 394 g/mol. The number of hydrogen-bond acceptors (Lipinski definition) is 2. The highest BCUT2D eigenvalue weighted by atomic mass is 19.1. The molecule has 0 atom stereocenters. The third-order valence-corrected chi connectivity index (χ3v) is 4.87. The van der Waals surface area contributed by atoms with Crippen LogP contribution in [0.5, 0.6) is 0 Å². The SMILES string of the molecule is O=C(Nc1ccc(F)cc1F)C1CCC(C(=O)Nc2c(F)cccc2F)CC1. The van der Waals surface area contributed by atoms with Gasteiger partial charge in [0, 0.05) is 17.9 Å². The van der Waals surface area contributed by atoms with Crippen molar-refractivity contribution in [2.45, 2.75) is 25.7 Å². The van der Waals surface area contributed by atoms with Gasteiger partial charge >= 0.3 is 0 Å². The Kier molecular flexibility index (Phi) is 5.96. The largest absolute Gasteiger partial charge is 0.323 e. The highest BCUT2D eigenvalue weighted by molar-refractivity contribution is 5.94. The quantitative estimate of drug-likeness (QED) is 0.743. The van der Waals surface area contributed by atoms with Gasteiger partial charge in [0.15, 0.2) is 0 Å². The summed E-state index contributed by atoms with van der Waals surface area (Å²) in [5.41, 5.74) is -0.597. The average Bonchev–Trinajstić information content (AvgIpc) is 2.67. The molecule has 28 heavy (non-hydrogen) atoms. The summed E-state index contributed by atoms with van der Waals surface area (Å²) in [4.78, 5) is 24.6. The maximum atomic E-state index is 13.6. The van der Waals surface area contributed by atoms with Gasteiger partial charge in [-0.25, -0.2) is 17.6 Å². The van der Waals surface area contributed by atoms with Crippen molar-refractivity contribution in [1.82, 2.24) is 0 Å². The van der Waals surface area contributed by atoms with Crippen molar-refractivity contribution in [2.24, 2.45) is 11.8 Å². The van der Waals surface area contributed by atoms with Gasteiger partial charge < -0.3 is 10.6 Å². The van der Waals surface area contributed by atoms with Crippen LogP contribution < -0.4 is 10.6 Å². The summed E-state index contributed by atoms with van der Waals surface area (Å²) in [5.74, 6) is -5.16. The molecule has 2 aromatic rings. The summed E-state index contributed by atoms with van der Waals surface area (Å²) in [6.45, 7) is 0. The lowest BCUT2D eigenvalue weighted by Gasteiger charge is -2.27. The fraction of sp³-hybridized carbons (Fsp3) is 0.300. The molecule has 2 amide bonds. The lowest BCUT2D eigenvalue weighted by molar-refractivity contribution is -0.125. The second kappa shape index (κ2) is 8.41. The first kappa shape index (κ1) is 19.9. The van der Waals surface area contributed by atoms with E-state index in [4.69, 9.17) is 0 Å². The van der Waals surface area contributed by atoms with E-state index in [1.54, 1.807) is 0 Å². The molecule has 0 aliphatic heterocycles. The summed E-state index contributed by atoms with van der Waals surface area (Å²) >= 11 is 0. The maximum Gasteiger partial charge on any atom is 0.227 e. The zero-order valence-electron chi connectivity index (χ0n) is 14.8. The molecule has 0 spiro atoms. The second-order valence-electron chi connectivity index (χ2n) is 6.75. The minimum Gasteiger partial charge on any atom is -0.323 e. The van der Waals surface area contributed by atoms with Crippen molar-refractivity contribution >= 4 is 23.2 Å². The number of benzene rings is 2. The molecule has 1 aliphatic carbocycles. The van der Waals surface area contributed by atoms with Crippen molar-refractivity contribution < 1.29 is 27.2 Å². The summed E-state index contributed by atoms with van der Waals surface area (Å²) in [6.07, 6.45) is 1.44. The van der Waals surface area contributed by atoms with E-state index in [0.29, 0.717) is 31.7 Å². The minimum atomic E-state index is -0.867. The molecule has 0 unspecified atom stereocenters. The highest BCUT2D eigenvalue weighted by Gasteiger charge is 2.31. The van der Waals surface area contributed by atoms with Gasteiger partial charge in [0.25, 0.3) is 0 Å². The summed E-state index contributed by atoms with van der Waals surface area (Å²) in [5, 5.41) is 4.70. The van der Waals surface area contributed by atoms with E-state index in [2.05, 4.69) is 10.6 Å². The Morgan fingerprint density at radius 2 is 1.29 bits per heavy atom. The predicted octanol–water partition coefficient (Wildman–Crippen LogP) is 4.63. The van der Waals surface area contributed by atoms with Crippen LogP contribution in [0, 0.1) is 35.1 Å². The lowest BCUT2D eigenvalue weighted by atomic mass is 9.81. The van der Waals surface area contributed by atoms with E-state index in [1.807, 2.05) is 0 Å². The number of nitrogens with one attached hydrogen (secondary N) is 2. The van der Waals surface area contributed by atoms with Crippen molar-refractivity contribution in [3.63, 3.8) is 0 Å². The second-order valence-corrected chi connectivity index (χ2v) is 6.75. The van der Waals surface area contributed by atoms with E-state index in [0.717, 1.165) is 24.3 Å². The first-order valence-corrected chi connectivity index (χ1v) is 8.86. The van der Waals surface area contributed by atoms with Crippen LogP contribution in [0.15, 0.2) is 36.4 Å². The van der Waals surface area contributed by atoms with Crippen LogP contribution in [0.1, 0.15) is 25.7 Å². The number of carbonyl (C=O) groups excluding carboxylic acids is 2. The zero-order chi connectivity index (χ0) is 20.3. The Morgan fingerprint density at radius 3 is 1.82 bits per heavy atom. The Labute approximate surface area is 158 Å². The molecule has 148 valence electrons. The molecular weight excluding hydrogens is 376 g/mol. The van der Waals surface area contributed by atoms with Crippen molar-refractivity contribution in [1.29, 1.82) is 0 Å². The molecule has 0 bridgehead atoms. The molecule has 0 saturated heterocycles. The van der Waals surface area contributed by atoms with Crippen LogP contribution in [0.4, 0.5) is 28.9 Å². The van der Waals surface area contributed by atoms with Crippen LogP contribution in [-0.2, 0) is 9.59 Å². The molecule has 2 N–H and O–H groups in total. The Hall–Kier alpha value is -2.90. The van der Waals surface area contributed by atoms with E-state index in [9.17, 15) is 27.2 Å². The highest BCUT2D eigenvalue weighted by Crippen LogP contribution is 2.31. The van der Waals surface area contributed by atoms with Crippen LogP contribution in [0.3, 0.4) is 0 Å². The summed E-state index contributed by atoms with van der Waals surface area (Å²) < 4.78 is 53.9. The number of anilines is 2. The maximum absolute atomic E-state index is 13.6. The van der Waals surface area contributed by atoms with Crippen molar-refractivity contribution in [3.05, 3.63) is 59.7 Å². The van der Waals surface area contributed by atoms with Gasteiger partial charge in [-0.05, 0) is 49.9 Å². The Balaban J connectivity index is 1.55. The lowest BCUT2D eigenvalue weighted by Crippen LogP contribution is -2.32. The Bertz CT molecular complexity index is 876. The third kappa shape index (κ3) is 4.49. The van der Waals surface area contributed by atoms with Crippen LogP contribution in [-0.4, -0.2) is 11.8 Å². The van der Waals surface area contributed by atoms with Gasteiger partial charge in [-0.3, -0.25) is 9.59 Å². The molecule has 0 heterocycles. The van der Waals surface area contributed by atoms with Gasteiger partial charge in [-0.2, -0.15) is 0 Å². The zero-order valence-corrected chi connectivity index (χ0v) is 14.8. The van der Waals surface area contributed by atoms with Gasteiger partial charge in [-0.15, -0.1) is 0 Å². The Morgan fingerprint density at radius 1 is 0.750 bits per heavy atom. The van der Waals surface area contributed by atoms with Crippen molar-refractivity contribution in [3.8, 4) is 0 Å². The fourth-order valence-electron chi connectivity index (χ4n) is 3.29. The molecule has 8 heteroatoms. The molecular formula is C20H18F4N2O2. The molecule has 0 radical (unpaired) electrons. The molecule has 3 rings (SSSR count). The first-order chi connectivity index (χ1) is 13.3. The number of carbonyl (C=O) groups is 2. The third-order valence-electron chi connectivity index (χ3n) is 4.87. The van der Waals surface area contributed by atoms with Crippen LogP contribution in [0.25, 0.3) is 0 Å². The van der Waals surface area contributed by atoms with E-state index in [-0.39, 0.29) is 5.69 Å². The normalized spacial score (nSPS) is 19.1. The minimum absolute atomic E-state index is 0.110. The van der Waals surface area contributed by atoms with Crippen molar-refractivity contribution in [2.75, 3.05) is 10.6 Å². The van der Waals surface area contributed by atoms with Gasteiger partial charge in [-0.1, -0.05) is 6.07 Å². The van der Waals surface area contributed by atoms with E-state index < -0.39 is 52.6 Å². The number of para-hydroxylation sites is 1. The molecule has 2 aromatic carbocycles. The molecule has 4 nitrogen and oxygen atoms in total. The smallest absolute Gasteiger partial charge is 0.227 e. The van der Waals surface area contributed by atoms with E-state index in [1.165, 1.54) is 6.07 Å². The molecule has 0 aromatic heterocycles. The molecule has 1 saturated carbocycles. The van der Waals surface area contributed by atoms with Crippen LogP contribution in [0.2, 0.25) is 0 Å². The summed E-state index contributed by atoms with van der Waals surface area (Å²) in [7, 11) is 0. The number of rotatable bonds is 4. The van der Waals surface area contributed by atoms with Gasteiger partial charge in [0.2, 0.25) is 11.8 Å². The monoisotopic (exact) mass is 394 g/mol. The van der Waals surface area contributed by atoms with Gasteiger partial charge in [0.05, 0.1) is 5.69 Å². The number of amides is 2. The molecule has 1 fully saturated rings. The first-order valence-electron chi connectivity index (χ1n) is 8.86. The van der Waals surface area contributed by atoms with Crippen LogP contribution >= 0.6 is 0 Å². The number of halogens is 4. The molecule has 1 aliphatic rings. The summed E-state index contributed by atoms with van der Waals surface area (Å²) in [6, 6.07) is 6.17. The number of hydrogen-bond donors (Lipinski definition) is 2. The fourth-order valence-corrected chi connectivity index (χ4v) is 3.29.